The number of nitrogens with two attached hydrogens (primary N) is 1. The number of ether oxygens (including phenoxy) is 1. The quantitative estimate of drug-likeness (QED) is 0.847. The SMILES string of the molecule is CC(C)C(C)OC(=O)c1csc(S(N)(=O)=O)c1. The van der Waals surface area contributed by atoms with E-state index in [9.17, 15) is 13.2 Å². The van der Waals surface area contributed by atoms with Crippen molar-refractivity contribution >= 4 is 27.3 Å². The summed E-state index contributed by atoms with van der Waals surface area (Å²) in [6.45, 7) is 5.65. The average molecular weight is 277 g/mol. The van der Waals surface area contributed by atoms with Crippen molar-refractivity contribution in [3.63, 3.8) is 0 Å². The first-order valence-electron chi connectivity index (χ1n) is 5.04. The molecule has 0 spiro atoms. The zero-order chi connectivity index (χ0) is 13.2. The van der Waals surface area contributed by atoms with Crippen molar-refractivity contribution in [1.29, 1.82) is 0 Å². The second kappa shape index (κ2) is 5.16. The van der Waals surface area contributed by atoms with Gasteiger partial charge in [0, 0.05) is 5.38 Å². The second-order valence-corrected chi connectivity index (χ2v) is 6.75. The molecular weight excluding hydrogens is 262 g/mol. The number of carbonyl (C=O) groups excluding carboxylic acids is 1. The van der Waals surface area contributed by atoms with Crippen molar-refractivity contribution in [3.05, 3.63) is 17.0 Å². The van der Waals surface area contributed by atoms with Gasteiger partial charge in [0.15, 0.2) is 0 Å². The van der Waals surface area contributed by atoms with E-state index in [4.69, 9.17) is 9.88 Å². The summed E-state index contributed by atoms with van der Waals surface area (Å²) in [6, 6.07) is 1.23. The summed E-state index contributed by atoms with van der Waals surface area (Å²) in [6.07, 6.45) is -0.222. The van der Waals surface area contributed by atoms with E-state index in [-0.39, 0.29) is 21.8 Å². The first kappa shape index (κ1) is 14.1. The van der Waals surface area contributed by atoms with E-state index < -0.39 is 16.0 Å². The maximum Gasteiger partial charge on any atom is 0.339 e. The largest absolute Gasteiger partial charge is 0.459 e. The summed E-state index contributed by atoms with van der Waals surface area (Å²) in [5.41, 5.74) is 0.214. The topological polar surface area (TPSA) is 86.5 Å². The molecule has 1 atom stereocenters. The molecule has 5 nitrogen and oxygen atoms in total. The number of esters is 1. The molecule has 1 aromatic rings. The molecule has 1 unspecified atom stereocenters. The highest BCUT2D eigenvalue weighted by atomic mass is 32.2. The summed E-state index contributed by atoms with van der Waals surface area (Å²) in [5.74, 6) is -0.326. The van der Waals surface area contributed by atoms with E-state index in [0.29, 0.717) is 0 Å². The molecule has 1 aromatic heterocycles. The van der Waals surface area contributed by atoms with Crippen LogP contribution < -0.4 is 5.14 Å². The maximum absolute atomic E-state index is 11.6. The summed E-state index contributed by atoms with van der Waals surface area (Å²) in [5, 5.41) is 6.38. The third-order valence-electron chi connectivity index (χ3n) is 2.32. The molecule has 2 N–H and O–H groups in total. The van der Waals surface area contributed by atoms with Crippen LogP contribution >= 0.6 is 11.3 Å². The Labute approximate surface area is 105 Å². The van der Waals surface area contributed by atoms with Crippen molar-refractivity contribution in [2.24, 2.45) is 11.1 Å². The van der Waals surface area contributed by atoms with Crippen LogP contribution in [0.2, 0.25) is 0 Å². The number of primary sulfonamides is 1. The lowest BCUT2D eigenvalue weighted by atomic mass is 10.1. The summed E-state index contributed by atoms with van der Waals surface area (Å²) < 4.78 is 27.2. The molecule has 7 heteroatoms. The minimum atomic E-state index is -3.75. The molecule has 0 amide bonds. The first-order valence-corrected chi connectivity index (χ1v) is 7.46. The molecule has 0 bridgehead atoms. The zero-order valence-corrected chi connectivity index (χ0v) is 11.5. The number of rotatable bonds is 4. The van der Waals surface area contributed by atoms with E-state index in [1.807, 2.05) is 13.8 Å². The predicted molar refractivity (Wildman–Crippen MR) is 65.4 cm³/mol. The smallest absolute Gasteiger partial charge is 0.339 e. The molecule has 96 valence electrons. The predicted octanol–water partition coefficient (Wildman–Crippen LogP) is 1.60. The summed E-state index contributed by atoms with van der Waals surface area (Å²) >= 11 is 0.907. The minimum absolute atomic E-state index is 0.0401. The van der Waals surface area contributed by atoms with Gasteiger partial charge in [0.05, 0.1) is 5.56 Å². The van der Waals surface area contributed by atoms with Crippen LogP contribution in [0.1, 0.15) is 31.1 Å². The van der Waals surface area contributed by atoms with Crippen LogP contribution in [-0.4, -0.2) is 20.5 Å². The summed E-state index contributed by atoms with van der Waals surface area (Å²) in [7, 11) is -3.75. The number of sulfonamides is 1. The van der Waals surface area contributed by atoms with Gasteiger partial charge in [-0.3, -0.25) is 0 Å². The van der Waals surface area contributed by atoms with Crippen molar-refractivity contribution < 1.29 is 17.9 Å². The number of carbonyl (C=O) groups is 1. The lowest BCUT2D eigenvalue weighted by molar-refractivity contribution is 0.0238. The molecule has 0 aliphatic carbocycles. The van der Waals surface area contributed by atoms with Gasteiger partial charge >= 0.3 is 5.97 Å². The molecule has 0 aliphatic heterocycles. The maximum atomic E-state index is 11.6. The monoisotopic (exact) mass is 277 g/mol. The molecule has 0 radical (unpaired) electrons. The van der Waals surface area contributed by atoms with Crippen LogP contribution in [0.25, 0.3) is 0 Å². The number of hydrogen-bond acceptors (Lipinski definition) is 5. The molecule has 1 heterocycles. The summed E-state index contributed by atoms with van der Waals surface area (Å²) in [4.78, 5) is 11.6. The Bertz CT molecular complexity index is 504. The van der Waals surface area contributed by atoms with E-state index in [1.165, 1.54) is 11.4 Å². The van der Waals surface area contributed by atoms with Gasteiger partial charge in [-0.15, -0.1) is 11.3 Å². The average Bonchev–Trinajstić information content (AvgIpc) is 2.65. The van der Waals surface area contributed by atoms with E-state index in [2.05, 4.69) is 0 Å². The highest BCUT2D eigenvalue weighted by Gasteiger charge is 2.19. The van der Waals surface area contributed by atoms with Gasteiger partial charge in [-0.25, -0.2) is 18.4 Å². The fraction of sp³-hybridized carbons (Fsp3) is 0.500. The van der Waals surface area contributed by atoms with Gasteiger partial charge < -0.3 is 4.74 Å². The van der Waals surface area contributed by atoms with Gasteiger partial charge in [-0.05, 0) is 18.9 Å². The third kappa shape index (κ3) is 3.79. The Morgan fingerprint density at radius 2 is 2.00 bits per heavy atom. The van der Waals surface area contributed by atoms with Gasteiger partial charge in [-0.2, -0.15) is 0 Å². The van der Waals surface area contributed by atoms with Crippen molar-refractivity contribution in [2.75, 3.05) is 0 Å². The van der Waals surface area contributed by atoms with Crippen LogP contribution in [0.5, 0.6) is 0 Å². The van der Waals surface area contributed by atoms with Gasteiger partial charge in [0.25, 0.3) is 0 Å². The van der Waals surface area contributed by atoms with E-state index in [1.54, 1.807) is 6.92 Å². The molecular formula is C10H15NO4S2. The Morgan fingerprint density at radius 3 is 2.41 bits per heavy atom. The molecule has 0 saturated carbocycles. The third-order valence-corrected chi connectivity index (χ3v) is 4.71. The Hall–Kier alpha value is -0.920. The van der Waals surface area contributed by atoms with Crippen LogP contribution in [0.3, 0.4) is 0 Å². The molecule has 1 rings (SSSR count). The fourth-order valence-electron chi connectivity index (χ4n) is 0.946. The Morgan fingerprint density at radius 1 is 1.41 bits per heavy atom. The molecule has 17 heavy (non-hydrogen) atoms. The van der Waals surface area contributed by atoms with Gasteiger partial charge in [0.1, 0.15) is 10.3 Å². The minimum Gasteiger partial charge on any atom is -0.459 e. The number of thiophene rings is 1. The normalized spacial score (nSPS) is 13.7. The number of hydrogen-bond donors (Lipinski definition) is 1. The van der Waals surface area contributed by atoms with Crippen LogP contribution in [0.4, 0.5) is 0 Å². The highest BCUT2D eigenvalue weighted by Crippen LogP contribution is 2.20. The van der Waals surface area contributed by atoms with Gasteiger partial charge in [0.2, 0.25) is 10.0 Å². The molecule has 0 fully saturated rings. The van der Waals surface area contributed by atoms with E-state index >= 15 is 0 Å². The Balaban J connectivity index is 2.81. The van der Waals surface area contributed by atoms with Crippen LogP contribution in [0.15, 0.2) is 15.7 Å². The van der Waals surface area contributed by atoms with Crippen molar-refractivity contribution in [1.82, 2.24) is 0 Å². The van der Waals surface area contributed by atoms with Crippen LogP contribution in [0, 0.1) is 5.92 Å². The lowest BCUT2D eigenvalue weighted by Crippen LogP contribution is -2.20. The Kier molecular flexibility index (Phi) is 4.29. The van der Waals surface area contributed by atoms with Gasteiger partial charge in [-0.1, -0.05) is 13.8 Å². The molecule has 0 saturated heterocycles. The fourth-order valence-corrected chi connectivity index (χ4v) is 2.52. The van der Waals surface area contributed by atoms with Crippen molar-refractivity contribution in [3.8, 4) is 0 Å². The zero-order valence-electron chi connectivity index (χ0n) is 9.84. The first-order chi connectivity index (χ1) is 7.71. The standard InChI is InChI=1S/C10H15NO4S2/c1-6(2)7(3)15-10(12)8-4-9(16-5-8)17(11,13)14/h4-7H,1-3H3,(H2,11,13,14). The lowest BCUT2D eigenvalue weighted by Gasteiger charge is -2.15. The van der Waals surface area contributed by atoms with Crippen LogP contribution in [-0.2, 0) is 14.8 Å². The molecule has 0 aromatic carbocycles. The second-order valence-electron chi connectivity index (χ2n) is 4.05. The van der Waals surface area contributed by atoms with Crippen molar-refractivity contribution in [2.45, 2.75) is 31.1 Å². The highest BCUT2D eigenvalue weighted by molar-refractivity contribution is 7.91. The molecule has 0 aliphatic rings. The van der Waals surface area contributed by atoms with E-state index in [0.717, 1.165) is 11.3 Å².